The van der Waals surface area contributed by atoms with Crippen LogP contribution < -0.4 is 15.1 Å². The van der Waals surface area contributed by atoms with E-state index in [0.29, 0.717) is 30.7 Å². The highest BCUT2D eigenvalue weighted by molar-refractivity contribution is 7.92. The zero-order valence-corrected chi connectivity index (χ0v) is 23.5. The summed E-state index contributed by atoms with van der Waals surface area (Å²) in [7, 11) is 1.53. The number of hydrogen-bond acceptors (Lipinski definition) is 10. The molecule has 0 saturated carbocycles. The highest BCUT2D eigenvalue weighted by Crippen LogP contribution is 2.43. The van der Waals surface area contributed by atoms with E-state index < -0.39 is 9.73 Å². The summed E-state index contributed by atoms with van der Waals surface area (Å²) < 4.78 is 22.1. The number of piperazine rings is 1. The summed E-state index contributed by atoms with van der Waals surface area (Å²) in [4.78, 5) is 21.1. The first-order chi connectivity index (χ1) is 18.1. The van der Waals surface area contributed by atoms with Crippen molar-refractivity contribution in [3.8, 4) is 0 Å². The molecule has 0 bridgehead atoms. The molecule has 38 heavy (non-hydrogen) atoms. The Morgan fingerprint density at radius 2 is 1.82 bits per heavy atom. The molecule has 1 fully saturated rings. The summed E-state index contributed by atoms with van der Waals surface area (Å²) in [5, 5.41) is 3.36. The van der Waals surface area contributed by atoms with E-state index in [0.717, 1.165) is 43.2 Å². The largest absolute Gasteiger partial charge is 0.384 e. The molecule has 0 aliphatic carbocycles. The molecule has 0 amide bonds. The number of hydrogen-bond donors (Lipinski definition) is 1. The molecule has 1 aromatic carbocycles. The van der Waals surface area contributed by atoms with Crippen LogP contribution in [-0.2, 0) is 19.9 Å². The molecule has 4 heterocycles. The summed E-state index contributed by atoms with van der Waals surface area (Å²) in [6.45, 7) is 7.49. The Bertz CT molecular complexity index is 1410. The first-order valence-electron chi connectivity index (χ1n) is 12.7. The van der Waals surface area contributed by atoms with Gasteiger partial charge in [-0.25, -0.2) is 14.2 Å². The second kappa shape index (κ2) is 10.5. The topological polar surface area (TPSA) is 99.1 Å². The van der Waals surface area contributed by atoms with E-state index in [9.17, 15) is 4.21 Å². The van der Waals surface area contributed by atoms with Crippen molar-refractivity contribution in [2.75, 3.05) is 81.1 Å². The lowest BCUT2D eigenvalue weighted by Gasteiger charge is -2.34. The molecule has 1 saturated heterocycles. The Balaban J connectivity index is 1.42. The number of benzene rings is 1. The molecule has 5 rings (SSSR count). The minimum atomic E-state index is -2.33. The molecule has 1 atom stereocenters. The Hall–Kier alpha value is -3.28. The molecule has 1 N–H and O–H groups in total. The average Bonchev–Trinajstić information content (AvgIpc) is 3.16. The number of rotatable bonds is 7. The van der Waals surface area contributed by atoms with Gasteiger partial charge in [-0.05, 0) is 43.4 Å². The van der Waals surface area contributed by atoms with E-state index in [1.54, 1.807) is 25.7 Å². The van der Waals surface area contributed by atoms with Crippen molar-refractivity contribution in [3.63, 3.8) is 0 Å². The number of anilines is 5. The molecule has 10 nitrogen and oxygen atoms in total. The predicted octanol–water partition coefficient (Wildman–Crippen LogP) is 3.78. The quantitative estimate of drug-likeness (QED) is 0.484. The third kappa shape index (κ3) is 5.74. The number of ether oxygens (including phenoxy) is 1. The van der Waals surface area contributed by atoms with Gasteiger partial charge in [0.15, 0.2) is 5.82 Å². The van der Waals surface area contributed by atoms with Crippen LogP contribution >= 0.6 is 0 Å². The highest BCUT2D eigenvalue weighted by Gasteiger charge is 2.42. The lowest BCUT2D eigenvalue weighted by molar-refractivity contribution is 0.145. The molecule has 2 aromatic heterocycles. The van der Waals surface area contributed by atoms with Crippen LogP contribution in [0.15, 0.2) is 53.0 Å². The third-order valence-corrected chi connectivity index (χ3v) is 7.57. The summed E-state index contributed by atoms with van der Waals surface area (Å²) >= 11 is 0. The fraction of sp³-hybridized carbons (Fsp3) is 0.444. The fourth-order valence-electron chi connectivity index (χ4n) is 4.99. The van der Waals surface area contributed by atoms with Crippen LogP contribution in [-0.4, -0.2) is 90.1 Å². The number of nitrogens with zero attached hydrogens (tertiary/aromatic N) is 7. The molecule has 11 heteroatoms. The highest BCUT2D eigenvalue weighted by atomic mass is 32.2. The van der Waals surface area contributed by atoms with Crippen LogP contribution in [0.4, 0.5) is 34.8 Å². The lowest BCUT2D eigenvalue weighted by atomic mass is 9.87. The summed E-state index contributed by atoms with van der Waals surface area (Å²) in [5.41, 5.74) is 2.82. The number of likely N-dealkylation sites (N-methyl/N-ethyl adjacent to an activating group) is 1. The van der Waals surface area contributed by atoms with Gasteiger partial charge in [-0.15, -0.1) is 0 Å². The standard InChI is InChI=1S/C27H36N8O2S/c1-27(19-37-3)18-35(24-8-6-7-23(30-24)32-38(4,5)36)25-22(27)17-28-26(31-25)29-20-9-11-21(12-10-20)34-15-13-33(2)14-16-34/h6-12,17H,13-16,18-19H2,1-5H3,(H,28,29,31)/t27-/m1/s1. The minimum absolute atomic E-state index is 0.315. The van der Waals surface area contributed by atoms with Crippen molar-refractivity contribution in [2.24, 2.45) is 4.36 Å². The van der Waals surface area contributed by atoms with Gasteiger partial charge in [-0.2, -0.15) is 9.35 Å². The van der Waals surface area contributed by atoms with Gasteiger partial charge in [-0.3, -0.25) is 0 Å². The normalized spacial score (nSPS) is 19.9. The predicted molar refractivity (Wildman–Crippen MR) is 154 cm³/mol. The number of methoxy groups -OCH3 is 1. The summed E-state index contributed by atoms with van der Waals surface area (Å²) in [5.74, 6) is 2.41. The molecule has 0 unspecified atom stereocenters. The Morgan fingerprint density at radius 1 is 1.08 bits per heavy atom. The molecule has 2 aliphatic heterocycles. The second-order valence-corrected chi connectivity index (χ2v) is 13.1. The number of fused-ring (bicyclic) bond motifs is 1. The molecule has 0 radical (unpaired) electrons. The first kappa shape index (κ1) is 26.3. The third-order valence-electron chi connectivity index (χ3n) is 6.95. The Kier molecular flexibility index (Phi) is 7.26. The van der Waals surface area contributed by atoms with Crippen LogP contribution in [0, 0.1) is 0 Å². The zero-order chi connectivity index (χ0) is 26.9. The van der Waals surface area contributed by atoms with Crippen molar-refractivity contribution in [2.45, 2.75) is 12.3 Å². The van der Waals surface area contributed by atoms with E-state index in [-0.39, 0.29) is 5.41 Å². The van der Waals surface area contributed by atoms with Gasteiger partial charge in [0.05, 0.1) is 6.61 Å². The van der Waals surface area contributed by atoms with Gasteiger partial charge in [0, 0.05) is 90.6 Å². The smallest absolute Gasteiger partial charge is 0.229 e. The van der Waals surface area contributed by atoms with Gasteiger partial charge in [0.25, 0.3) is 0 Å². The molecular formula is C27H36N8O2S. The lowest BCUT2D eigenvalue weighted by Crippen LogP contribution is -2.44. The van der Waals surface area contributed by atoms with Gasteiger partial charge in [-0.1, -0.05) is 13.0 Å². The van der Waals surface area contributed by atoms with Crippen molar-refractivity contribution < 1.29 is 8.95 Å². The first-order valence-corrected chi connectivity index (χ1v) is 15.1. The van der Waals surface area contributed by atoms with E-state index in [1.807, 2.05) is 18.3 Å². The molecule has 0 spiro atoms. The maximum Gasteiger partial charge on any atom is 0.229 e. The Labute approximate surface area is 225 Å². The van der Waals surface area contributed by atoms with E-state index in [4.69, 9.17) is 9.72 Å². The molecular weight excluding hydrogens is 500 g/mol. The van der Waals surface area contributed by atoms with Crippen molar-refractivity contribution in [1.29, 1.82) is 0 Å². The van der Waals surface area contributed by atoms with Gasteiger partial charge < -0.3 is 24.8 Å². The monoisotopic (exact) mass is 536 g/mol. The van der Waals surface area contributed by atoms with Gasteiger partial charge in [0.1, 0.15) is 11.6 Å². The average molecular weight is 537 g/mol. The van der Waals surface area contributed by atoms with Crippen molar-refractivity contribution in [3.05, 3.63) is 54.2 Å². The van der Waals surface area contributed by atoms with E-state index in [2.05, 4.69) is 72.6 Å². The summed E-state index contributed by atoms with van der Waals surface area (Å²) in [6, 6.07) is 14.0. The van der Waals surface area contributed by atoms with Crippen molar-refractivity contribution in [1.82, 2.24) is 19.9 Å². The summed E-state index contributed by atoms with van der Waals surface area (Å²) in [6.07, 6.45) is 5.08. The van der Waals surface area contributed by atoms with Crippen LogP contribution in [0.25, 0.3) is 0 Å². The van der Waals surface area contributed by atoms with Crippen molar-refractivity contribution >= 4 is 44.5 Å². The minimum Gasteiger partial charge on any atom is -0.384 e. The van der Waals surface area contributed by atoms with E-state index in [1.165, 1.54) is 5.69 Å². The molecule has 3 aromatic rings. The zero-order valence-electron chi connectivity index (χ0n) is 22.7. The van der Waals surface area contributed by atoms with Crippen LogP contribution in [0.2, 0.25) is 0 Å². The second-order valence-electron chi connectivity index (χ2n) is 10.6. The van der Waals surface area contributed by atoms with Crippen LogP contribution in [0.1, 0.15) is 12.5 Å². The maximum absolute atomic E-state index is 12.2. The fourth-order valence-corrected chi connectivity index (χ4v) is 5.55. The van der Waals surface area contributed by atoms with E-state index >= 15 is 0 Å². The van der Waals surface area contributed by atoms with Gasteiger partial charge in [0.2, 0.25) is 5.95 Å². The van der Waals surface area contributed by atoms with Crippen LogP contribution in [0.3, 0.4) is 0 Å². The maximum atomic E-state index is 12.2. The number of aromatic nitrogens is 3. The number of nitrogens with one attached hydrogen (secondary N) is 1. The van der Waals surface area contributed by atoms with Crippen LogP contribution in [0.5, 0.6) is 0 Å². The SMILES string of the molecule is COC[C@@]1(C)CN(c2cccc(N=S(C)(C)=O)n2)c2nc(Nc3ccc(N4CCN(C)CC4)cc3)ncc21. The number of pyridine rings is 1. The molecule has 2 aliphatic rings. The molecule has 202 valence electrons. The van der Waals surface area contributed by atoms with Gasteiger partial charge >= 0.3 is 0 Å². The Morgan fingerprint density at radius 3 is 2.50 bits per heavy atom.